The maximum atomic E-state index is 13.0. The molecule has 1 fully saturated rings. The van der Waals surface area contributed by atoms with Crippen molar-refractivity contribution in [1.82, 2.24) is 4.90 Å². The Hall–Kier alpha value is -1.82. The molecule has 0 unspecified atom stereocenters. The van der Waals surface area contributed by atoms with Crippen molar-refractivity contribution in [3.8, 4) is 5.75 Å². The van der Waals surface area contributed by atoms with Crippen molar-refractivity contribution in [3.63, 3.8) is 0 Å². The topological polar surface area (TPSA) is 38.8 Å². The number of methoxy groups -OCH3 is 2. The van der Waals surface area contributed by atoms with Gasteiger partial charge in [0, 0.05) is 42.1 Å². The van der Waals surface area contributed by atoms with E-state index in [1.54, 1.807) is 26.0 Å². The SMILES string of the molecule is COCc1cc(CN2CCC[C@H](C(=O)c3ccc(SC)cc3)C2)ccc1OC. The van der Waals surface area contributed by atoms with Crippen LogP contribution in [0.25, 0.3) is 0 Å². The molecule has 3 rings (SSSR count). The maximum absolute atomic E-state index is 13.0. The maximum Gasteiger partial charge on any atom is 0.167 e. The third-order valence-corrected chi connectivity index (χ3v) is 6.05. The molecule has 4 nitrogen and oxygen atoms in total. The van der Waals surface area contributed by atoms with Crippen LogP contribution in [0.4, 0.5) is 0 Å². The summed E-state index contributed by atoms with van der Waals surface area (Å²) in [6, 6.07) is 14.3. The number of ketones is 1. The minimum absolute atomic E-state index is 0.0746. The average molecular weight is 400 g/mol. The molecule has 0 aromatic heterocycles. The van der Waals surface area contributed by atoms with E-state index in [0.717, 1.165) is 49.4 Å². The van der Waals surface area contributed by atoms with E-state index < -0.39 is 0 Å². The third kappa shape index (κ3) is 5.16. The summed E-state index contributed by atoms with van der Waals surface area (Å²) in [5.74, 6) is 1.20. The van der Waals surface area contributed by atoms with Crippen LogP contribution in [0.3, 0.4) is 0 Å². The second-order valence-corrected chi connectivity index (χ2v) is 8.13. The Labute approximate surface area is 172 Å². The van der Waals surface area contributed by atoms with Crippen LogP contribution in [0, 0.1) is 5.92 Å². The monoisotopic (exact) mass is 399 g/mol. The molecule has 28 heavy (non-hydrogen) atoms. The highest BCUT2D eigenvalue weighted by Gasteiger charge is 2.26. The molecule has 0 bridgehead atoms. The number of nitrogens with zero attached hydrogens (tertiary/aromatic N) is 1. The molecule has 1 aliphatic heterocycles. The molecule has 2 aromatic carbocycles. The van der Waals surface area contributed by atoms with Crippen LogP contribution >= 0.6 is 11.8 Å². The average Bonchev–Trinajstić information content (AvgIpc) is 2.74. The van der Waals surface area contributed by atoms with E-state index in [0.29, 0.717) is 6.61 Å². The summed E-state index contributed by atoms with van der Waals surface area (Å²) < 4.78 is 10.7. The largest absolute Gasteiger partial charge is 0.496 e. The fourth-order valence-electron chi connectivity index (χ4n) is 3.86. The molecule has 0 radical (unpaired) electrons. The molecule has 1 saturated heterocycles. The molecule has 1 heterocycles. The van der Waals surface area contributed by atoms with Crippen molar-refractivity contribution in [2.45, 2.75) is 30.9 Å². The summed E-state index contributed by atoms with van der Waals surface area (Å²) in [6.07, 6.45) is 4.07. The number of piperidine rings is 1. The summed E-state index contributed by atoms with van der Waals surface area (Å²) in [5, 5.41) is 0. The number of Topliss-reactive ketones (excluding diaryl/α,β-unsaturated/α-hetero) is 1. The summed E-state index contributed by atoms with van der Waals surface area (Å²) >= 11 is 1.70. The lowest BCUT2D eigenvalue weighted by molar-refractivity contribution is 0.0811. The molecule has 0 spiro atoms. The minimum atomic E-state index is 0.0746. The van der Waals surface area contributed by atoms with Crippen LogP contribution in [0.2, 0.25) is 0 Å². The van der Waals surface area contributed by atoms with E-state index in [9.17, 15) is 4.79 Å². The number of benzene rings is 2. The van der Waals surface area contributed by atoms with Gasteiger partial charge < -0.3 is 9.47 Å². The Morgan fingerprint density at radius 1 is 1.18 bits per heavy atom. The van der Waals surface area contributed by atoms with Gasteiger partial charge in [0.1, 0.15) is 5.75 Å². The highest BCUT2D eigenvalue weighted by molar-refractivity contribution is 7.98. The lowest BCUT2D eigenvalue weighted by atomic mass is 9.90. The lowest BCUT2D eigenvalue weighted by Crippen LogP contribution is -2.38. The van der Waals surface area contributed by atoms with Gasteiger partial charge in [-0.1, -0.05) is 18.2 Å². The number of ether oxygens (including phenoxy) is 2. The number of carbonyl (C=O) groups excluding carboxylic acids is 1. The van der Waals surface area contributed by atoms with Crippen molar-refractivity contribution in [2.75, 3.05) is 33.6 Å². The zero-order valence-electron chi connectivity index (χ0n) is 16.9. The van der Waals surface area contributed by atoms with Gasteiger partial charge in [0.15, 0.2) is 5.78 Å². The molecule has 0 N–H and O–H groups in total. The van der Waals surface area contributed by atoms with Crippen LogP contribution in [-0.4, -0.2) is 44.2 Å². The van der Waals surface area contributed by atoms with E-state index >= 15 is 0 Å². The van der Waals surface area contributed by atoms with Crippen molar-refractivity contribution in [3.05, 3.63) is 59.2 Å². The molecular formula is C23H29NO3S. The Balaban J connectivity index is 1.66. The van der Waals surface area contributed by atoms with E-state index in [-0.39, 0.29) is 11.7 Å². The molecule has 2 aromatic rings. The van der Waals surface area contributed by atoms with Gasteiger partial charge in [-0.2, -0.15) is 0 Å². The quantitative estimate of drug-likeness (QED) is 0.477. The first kappa shape index (κ1) is 20.9. The fraction of sp³-hybridized carbons (Fsp3) is 0.435. The van der Waals surface area contributed by atoms with Gasteiger partial charge >= 0.3 is 0 Å². The summed E-state index contributed by atoms with van der Waals surface area (Å²) in [4.78, 5) is 16.5. The standard InChI is InChI=1S/C23H29NO3S/c1-26-16-20-13-17(6-11-22(20)27-2)14-24-12-4-5-19(15-24)23(25)18-7-9-21(28-3)10-8-18/h6-11,13,19H,4-5,12,14-16H2,1-3H3/t19-/m0/s1. The van der Waals surface area contributed by atoms with Gasteiger partial charge in [-0.15, -0.1) is 11.8 Å². The Morgan fingerprint density at radius 2 is 1.96 bits per heavy atom. The smallest absolute Gasteiger partial charge is 0.167 e. The van der Waals surface area contributed by atoms with Crippen LogP contribution in [0.15, 0.2) is 47.4 Å². The molecule has 0 saturated carbocycles. The van der Waals surface area contributed by atoms with Gasteiger partial charge in [-0.25, -0.2) is 0 Å². The first-order valence-corrected chi connectivity index (χ1v) is 10.9. The lowest BCUT2D eigenvalue weighted by Gasteiger charge is -2.32. The number of rotatable bonds is 8. The van der Waals surface area contributed by atoms with E-state index in [1.165, 1.54) is 10.5 Å². The zero-order chi connectivity index (χ0) is 19.9. The molecule has 1 aliphatic rings. The Morgan fingerprint density at radius 3 is 2.64 bits per heavy atom. The van der Waals surface area contributed by atoms with Crippen LogP contribution in [-0.2, 0) is 17.9 Å². The van der Waals surface area contributed by atoms with Crippen molar-refractivity contribution < 1.29 is 14.3 Å². The number of likely N-dealkylation sites (tertiary alicyclic amines) is 1. The number of carbonyl (C=O) groups is 1. The number of hydrogen-bond acceptors (Lipinski definition) is 5. The summed E-state index contributed by atoms with van der Waals surface area (Å²) in [7, 11) is 3.37. The van der Waals surface area contributed by atoms with Gasteiger partial charge in [0.2, 0.25) is 0 Å². The van der Waals surface area contributed by atoms with Gasteiger partial charge in [0.05, 0.1) is 13.7 Å². The second-order valence-electron chi connectivity index (χ2n) is 7.25. The fourth-order valence-corrected chi connectivity index (χ4v) is 4.27. The van der Waals surface area contributed by atoms with Crippen LogP contribution < -0.4 is 4.74 Å². The van der Waals surface area contributed by atoms with Gasteiger partial charge in [-0.3, -0.25) is 9.69 Å². The number of hydrogen-bond donors (Lipinski definition) is 0. The number of thioether (sulfide) groups is 1. The van der Waals surface area contributed by atoms with Gasteiger partial charge in [0.25, 0.3) is 0 Å². The molecular weight excluding hydrogens is 370 g/mol. The first-order chi connectivity index (χ1) is 13.6. The second kappa shape index (κ2) is 10.1. The highest BCUT2D eigenvalue weighted by Crippen LogP contribution is 2.26. The van der Waals surface area contributed by atoms with Crippen molar-refractivity contribution in [1.29, 1.82) is 0 Å². The molecule has 5 heteroatoms. The zero-order valence-corrected chi connectivity index (χ0v) is 17.8. The van der Waals surface area contributed by atoms with Crippen molar-refractivity contribution >= 4 is 17.5 Å². The molecule has 150 valence electrons. The van der Waals surface area contributed by atoms with Crippen LogP contribution in [0.5, 0.6) is 5.75 Å². The van der Waals surface area contributed by atoms with E-state index in [1.807, 2.05) is 36.6 Å². The minimum Gasteiger partial charge on any atom is -0.496 e. The molecule has 0 aliphatic carbocycles. The molecule has 1 atom stereocenters. The summed E-state index contributed by atoms with van der Waals surface area (Å²) in [5.41, 5.74) is 3.11. The molecule has 0 amide bonds. The predicted octanol–water partition coefficient (Wildman–Crippen LogP) is 4.66. The van der Waals surface area contributed by atoms with Crippen molar-refractivity contribution in [2.24, 2.45) is 5.92 Å². The third-order valence-electron chi connectivity index (χ3n) is 5.30. The van der Waals surface area contributed by atoms with E-state index in [2.05, 4.69) is 17.0 Å². The Bertz CT molecular complexity index is 791. The van der Waals surface area contributed by atoms with Crippen LogP contribution in [0.1, 0.15) is 34.3 Å². The van der Waals surface area contributed by atoms with E-state index in [4.69, 9.17) is 9.47 Å². The first-order valence-electron chi connectivity index (χ1n) is 9.70. The normalized spacial score (nSPS) is 17.5. The highest BCUT2D eigenvalue weighted by atomic mass is 32.2. The summed E-state index contributed by atoms with van der Waals surface area (Å²) in [6.45, 7) is 3.22. The van der Waals surface area contributed by atoms with Gasteiger partial charge in [-0.05, 0) is 55.5 Å². The predicted molar refractivity (Wildman–Crippen MR) is 114 cm³/mol. The Kier molecular flexibility index (Phi) is 7.54.